The van der Waals surface area contributed by atoms with Crippen molar-refractivity contribution in [2.45, 2.75) is 19.4 Å². The van der Waals surface area contributed by atoms with Gasteiger partial charge in [0.15, 0.2) is 0 Å². The highest BCUT2D eigenvalue weighted by atomic mass is 16.3. The third-order valence-electron chi connectivity index (χ3n) is 1.56. The van der Waals surface area contributed by atoms with E-state index in [-0.39, 0.29) is 0 Å². The number of pyridine rings is 1. The molecule has 0 unspecified atom stereocenters. The quantitative estimate of drug-likeness (QED) is 0.629. The second kappa shape index (κ2) is 2.96. The molecule has 1 aromatic heterocycles. The summed E-state index contributed by atoms with van der Waals surface area (Å²) in [5.41, 5.74) is 0.456. The summed E-state index contributed by atoms with van der Waals surface area (Å²) in [4.78, 5) is 4.03. The van der Waals surface area contributed by atoms with Crippen molar-refractivity contribution in [3.8, 4) is 12.3 Å². The van der Waals surface area contributed by atoms with E-state index < -0.39 is 5.60 Å². The molecule has 12 heavy (non-hydrogen) atoms. The first-order chi connectivity index (χ1) is 5.54. The number of hydrogen-bond donors (Lipinski definition) is 1. The fourth-order valence-electron chi connectivity index (χ4n) is 0.841. The Balaban J connectivity index is 3.02. The molecule has 0 saturated heterocycles. The number of aromatic nitrogens is 1. The van der Waals surface area contributed by atoms with E-state index in [4.69, 9.17) is 6.42 Å². The van der Waals surface area contributed by atoms with Gasteiger partial charge in [-0.2, -0.15) is 0 Å². The monoisotopic (exact) mass is 161 g/mol. The van der Waals surface area contributed by atoms with Crippen LogP contribution in [0, 0.1) is 12.3 Å². The number of hydrogen-bond acceptors (Lipinski definition) is 2. The van der Waals surface area contributed by atoms with Crippen molar-refractivity contribution in [2.24, 2.45) is 0 Å². The van der Waals surface area contributed by atoms with Crippen LogP contribution in [0.3, 0.4) is 0 Å². The number of rotatable bonds is 1. The first-order valence-corrected chi connectivity index (χ1v) is 3.69. The molecule has 1 N–H and O–H groups in total. The summed E-state index contributed by atoms with van der Waals surface area (Å²) >= 11 is 0. The Morgan fingerprint density at radius 2 is 2.17 bits per heavy atom. The summed E-state index contributed by atoms with van der Waals surface area (Å²) < 4.78 is 0. The molecule has 0 aliphatic rings. The second-order valence-electron chi connectivity index (χ2n) is 3.14. The van der Waals surface area contributed by atoms with Crippen LogP contribution >= 0.6 is 0 Å². The molecule has 0 amide bonds. The van der Waals surface area contributed by atoms with Gasteiger partial charge in [-0.05, 0) is 26.0 Å². The molecule has 62 valence electrons. The van der Waals surface area contributed by atoms with Gasteiger partial charge in [-0.15, -0.1) is 6.42 Å². The van der Waals surface area contributed by atoms with Crippen LogP contribution in [-0.4, -0.2) is 10.1 Å². The first kappa shape index (κ1) is 8.76. The minimum absolute atomic E-state index is 0.626. The number of terminal acetylenes is 1. The van der Waals surface area contributed by atoms with Gasteiger partial charge in [0.1, 0.15) is 5.60 Å². The van der Waals surface area contributed by atoms with Crippen LogP contribution < -0.4 is 0 Å². The van der Waals surface area contributed by atoms with Crippen LogP contribution in [0.5, 0.6) is 0 Å². The molecule has 0 spiro atoms. The Morgan fingerprint density at radius 1 is 1.50 bits per heavy atom. The lowest BCUT2D eigenvalue weighted by atomic mass is 10.0. The average molecular weight is 161 g/mol. The summed E-state index contributed by atoms with van der Waals surface area (Å²) in [6.45, 7) is 3.37. The average Bonchev–Trinajstić information content (AvgIpc) is 2.03. The lowest BCUT2D eigenvalue weighted by Crippen LogP contribution is -2.17. The smallest absolute Gasteiger partial charge is 0.101 e. The maximum atomic E-state index is 9.54. The minimum atomic E-state index is -0.896. The zero-order valence-corrected chi connectivity index (χ0v) is 7.20. The Labute approximate surface area is 72.3 Å². The van der Waals surface area contributed by atoms with Gasteiger partial charge in [0, 0.05) is 11.8 Å². The van der Waals surface area contributed by atoms with Gasteiger partial charge in [0.05, 0.1) is 5.69 Å². The summed E-state index contributed by atoms with van der Waals surface area (Å²) in [5, 5.41) is 9.54. The van der Waals surface area contributed by atoms with Gasteiger partial charge >= 0.3 is 0 Å². The molecule has 1 aromatic rings. The van der Waals surface area contributed by atoms with Crippen LogP contribution in [0.15, 0.2) is 18.3 Å². The zero-order valence-electron chi connectivity index (χ0n) is 7.20. The predicted octanol–water partition coefficient (Wildman–Crippen LogP) is 1.29. The van der Waals surface area contributed by atoms with Crippen LogP contribution in [0.4, 0.5) is 0 Å². The third kappa shape index (κ3) is 1.84. The molecule has 0 fully saturated rings. The van der Waals surface area contributed by atoms with Gasteiger partial charge in [-0.1, -0.05) is 5.92 Å². The number of aliphatic hydroxyl groups is 1. The van der Waals surface area contributed by atoms with E-state index in [0.717, 1.165) is 5.56 Å². The van der Waals surface area contributed by atoms with Gasteiger partial charge in [-0.3, -0.25) is 4.98 Å². The minimum Gasteiger partial charge on any atom is -0.384 e. The molecular formula is C10H11NO. The molecule has 2 nitrogen and oxygen atoms in total. The normalized spacial score (nSPS) is 10.8. The van der Waals surface area contributed by atoms with E-state index in [2.05, 4.69) is 10.9 Å². The van der Waals surface area contributed by atoms with Gasteiger partial charge < -0.3 is 5.11 Å². The lowest BCUT2D eigenvalue weighted by Gasteiger charge is -2.15. The van der Waals surface area contributed by atoms with Gasteiger partial charge in [-0.25, -0.2) is 0 Å². The lowest BCUT2D eigenvalue weighted by molar-refractivity contribution is 0.0738. The maximum Gasteiger partial charge on any atom is 0.101 e. The highest BCUT2D eigenvalue weighted by Gasteiger charge is 2.16. The molecule has 1 rings (SSSR count). The highest BCUT2D eigenvalue weighted by molar-refractivity contribution is 5.30. The van der Waals surface area contributed by atoms with E-state index in [1.807, 2.05) is 0 Å². The van der Waals surface area contributed by atoms with Crippen LogP contribution in [0.2, 0.25) is 0 Å². The third-order valence-corrected chi connectivity index (χ3v) is 1.56. The van der Waals surface area contributed by atoms with Crippen LogP contribution in [0.1, 0.15) is 25.1 Å². The van der Waals surface area contributed by atoms with E-state index >= 15 is 0 Å². The Kier molecular flexibility index (Phi) is 2.16. The molecule has 0 aliphatic heterocycles. The molecule has 0 saturated carbocycles. The zero-order chi connectivity index (χ0) is 9.19. The van der Waals surface area contributed by atoms with Crippen molar-refractivity contribution >= 4 is 0 Å². The molecule has 1 heterocycles. The van der Waals surface area contributed by atoms with Gasteiger partial charge in [0.25, 0.3) is 0 Å². The van der Waals surface area contributed by atoms with E-state index in [0.29, 0.717) is 5.69 Å². The van der Waals surface area contributed by atoms with E-state index in [1.54, 1.807) is 32.2 Å². The Morgan fingerprint density at radius 3 is 2.50 bits per heavy atom. The summed E-state index contributed by atoms with van der Waals surface area (Å²) in [6, 6.07) is 3.50. The van der Waals surface area contributed by atoms with Crippen molar-refractivity contribution in [3.63, 3.8) is 0 Å². The highest BCUT2D eigenvalue weighted by Crippen LogP contribution is 2.16. The largest absolute Gasteiger partial charge is 0.384 e. The molecule has 0 aliphatic carbocycles. The SMILES string of the molecule is C#Cc1ccc(C(C)(C)O)nc1. The van der Waals surface area contributed by atoms with Crippen molar-refractivity contribution in [1.82, 2.24) is 4.98 Å². The van der Waals surface area contributed by atoms with E-state index in [1.165, 1.54) is 0 Å². The topological polar surface area (TPSA) is 33.1 Å². The van der Waals surface area contributed by atoms with Crippen LogP contribution in [0.25, 0.3) is 0 Å². The fourth-order valence-corrected chi connectivity index (χ4v) is 0.841. The Bertz CT molecular complexity index is 300. The molecule has 0 bridgehead atoms. The maximum absolute atomic E-state index is 9.54. The summed E-state index contributed by atoms with van der Waals surface area (Å²) in [6.07, 6.45) is 6.73. The van der Waals surface area contributed by atoms with Crippen LogP contribution in [-0.2, 0) is 5.60 Å². The molecule has 0 atom stereocenters. The van der Waals surface area contributed by atoms with Gasteiger partial charge in [0.2, 0.25) is 0 Å². The fraction of sp³-hybridized carbons (Fsp3) is 0.300. The van der Waals surface area contributed by atoms with Crippen molar-refractivity contribution < 1.29 is 5.11 Å². The standard InChI is InChI=1S/C10H11NO/c1-4-8-5-6-9(11-7-8)10(2,3)12/h1,5-7,12H,2-3H3. The van der Waals surface area contributed by atoms with Crippen molar-refractivity contribution in [2.75, 3.05) is 0 Å². The Hall–Kier alpha value is -1.33. The first-order valence-electron chi connectivity index (χ1n) is 3.69. The second-order valence-corrected chi connectivity index (χ2v) is 3.14. The molecule has 0 radical (unpaired) electrons. The predicted molar refractivity (Wildman–Crippen MR) is 47.4 cm³/mol. The molecule has 2 heteroatoms. The summed E-state index contributed by atoms with van der Waals surface area (Å²) in [7, 11) is 0. The molecular weight excluding hydrogens is 150 g/mol. The van der Waals surface area contributed by atoms with Crippen molar-refractivity contribution in [3.05, 3.63) is 29.6 Å². The van der Waals surface area contributed by atoms with E-state index in [9.17, 15) is 5.11 Å². The number of nitrogens with zero attached hydrogens (tertiary/aromatic N) is 1. The summed E-state index contributed by atoms with van der Waals surface area (Å²) in [5.74, 6) is 2.46. The molecule has 0 aromatic carbocycles. The van der Waals surface area contributed by atoms with Crippen molar-refractivity contribution in [1.29, 1.82) is 0 Å².